The molecule has 46 valence electrons. The van der Waals surface area contributed by atoms with Crippen LogP contribution in [-0.2, 0) is 9.53 Å². The van der Waals surface area contributed by atoms with Crippen molar-refractivity contribution in [1.82, 2.24) is 3.53 Å². The quantitative estimate of drug-likeness (QED) is 0.325. The second-order valence-corrected chi connectivity index (χ2v) is 1.60. The van der Waals surface area contributed by atoms with E-state index in [0.717, 1.165) is 0 Å². The van der Waals surface area contributed by atoms with E-state index in [1.807, 2.05) is 0 Å². The van der Waals surface area contributed by atoms with E-state index < -0.39 is 5.97 Å². The Morgan fingerprint density at radius 3 is 2.50 bits per heavy atom. The van der Waals surface area contributed by atoms with Crippen LogP contribution < -0.4 is 3.53 Å². The maximum Gasteiger partial charge on any atom is 0.354 e. The molecule has 0 bridgehead atoms. The van der Waals surface area contributed by atoms with Crippen LogP contribution in [-0.4, -0.2) is 13.1 Å². The van der Waals surface area contributed by atoms with E-state index in [9.17, 15) is 4.79 Å². The van der Waals surface area contributed by atoms with Crippen molar-refractivity contribution in [2.45, 2.75) is 0 Å². The topological polar surface area (TPSA) is 38.3 Å². The molecule has 0 saturated heterocycles. The SMILES string of the molecule is C=C(NI)C(=O)OC. The molecule has 0 aromatic rings. The highest BCUT2D eigenvalue weighted by Gasteiger charge is 2.01. The molecular formula is C4H6INO2. The molecule has 1 N–H and O–H groups in total. The van der Waals surface area contributed by atoms with Crippen molar-refractivity contribution in [1.29, 1.82) is 0 Å². The summed E-state index contributed by atoms with van der Waals surface area (Å²) in [6.45, 7) is 3.35. The number of rotatable bonds is 2. The highest BCUT2D eigenvalue weighted by Crippen LogP contribution is 1.89. The number of esters is 1. The molecule has 0 atom stereocenters. The van der Waals surface area contributed by atoms with E-state index in [1.165, 1.54) is 7.11 Å². The van der Waals surface area contributed by atoms with Crippen molar-refractivity contribution in [3.63, 3.8) is 0 Å². The first-order valence-electron chi connectivity index (χ1n) is 1.86. The predicted molar refractivity (Wildman–Crippen MR) is 38.3 cm³/mol. The molecule has 0 amide bonds. The average Bonchev–Trinajstić information content (AvgIpc) is 1.84. The number of methoxy groups -OCH3 is 1. The first-order chi connectivity index (χ1) is 3.72. The summed E-state index contributed by atoms with van der Waals surface area (Å²) < 4.78 is 6.81. The summed E-state index contributed by atoms with van der Waals surface area (Å²) in [5, 5.41) is 0. The van der Waals surface area contributed by atoms with Crippen LogP contribution >= 0.6 is 22.9 Å². The predicted octanol–water partition coefficient (Wildman–Crippen LogP) is 0.613. The van der Waals surface area contributed by atoms with Crippen LogP contribution in [0, 0.1) is 0 Å². The van der Waals surface area contributed by atoms with E-state index in [2.05, 4.69) is 14.8 Å². The van der Waals surface area contributed by atoms with Gasteiger partial charge in [-0.25, -0.2) is 4.79 Å². The minimum Gasteiger partial charge on any atom is -0.464 e. The zero-order chi connectivity index (χ0) is 6.57. The van der Waals surface area contributed by atoms with E-state index >= 15 is 0 Å². The Kier molecular flexibility index (Phi) is 3.59. The van der Waals surface area contributed by atoms with Gasteiger partial charge in [0.2, 0.25) is 0 Å². The van der Waals surface area contributed by atoms with E-state index in [0.29, 0.717) is 0 Å². The number of carbonyl (C=O) groups is 1. The smallest absolute Gasteiger partial charge is 0.354 e. The van der Waals surface area contributed by atoms with Gasteiger partial charge >= 0.3 is 5.97 Å². The Morgan fingerprint density at radius 2 is 2.38 bits per heavy atom. The lowest BCUT2D eigenvalue weighted by molar-refractivity contribution is -0.136. The van der Waals surface area contributed by atoms with Gasteiger partial charge in [0.25, 0.3) is 0 Å². The van der Waals surface area contributed by atoms with Gasteiger partial charge in [0, 0.05) is 0 Å². The van der Waals surface area contributed by atoms with E-state index in [1.54, 1.807) is 22.9 Å². The Morgan fingerprint density at radius 1 is 1.88 bits per heavy atom. The van der Waals surface area contributed by atoms with Crippen LogP contribution in [0.1, 0.15) is 0 Å². The van der Waals surface area contributed by atoms with Crippen molar-refractivity contribution in [2.24, 2.45) is 0 Å². The lowest BCUT2D eigenvalue weighted by Gasteiger charge is -1.97. The first kappa shape index (κ1) is 7.74. The van der Waals surface area contributed by atoms with Crippen molar-refractivity contribution >= 4 is 28.8 Å². The third-order valence-corrected chi connectivity index (χ3v) is 1.20. The highest BCUT2D eigenvalue weighted by molar-refractivity contribution is 14.1. The standard InChI is InChI=1S/C4H6INO2/c1-3(6-5)4(7)8-2/h6H,1H2,2H3. The minimum atomic E-state index is -0.431. The average molecular weight is 227 g/mol. The van der Waals surface area contributed by atoms with Crippen molar-refractivity contribution in [2.75, 3.05) is 7.11 Å². The summed E-state index contributed by atoms with van der Waals surface area (Å²) in [5.74, 6) is -0.431. The summed E-state index contributed by atoms with van der Waals surface area (Å²) in [5.41, 5.74) is 0.258. The molecule has 0 unspecified atom stereocenters. The summed E-state index contributed by atoms with van der Waals surface area (Å²) >= 11 is 1.80. The molecule has 0 aliphatic carbocycles. The van der Waals surface area contributed by atoms with Gasteiger partial charge in [-0.15, -0.1) is 0 Å². The molecule has 0 spiro atoms. The van der Waals surface area contributed by atoms with Crippen molar-refractivity contribution < 1.29 is 9.53 Å². The van der Waals surface area contributed by atoms with Gasteiger partial charge in [-0.2, -0.15) is 0 Å². The minimum absolute atomic E-state index is 0.258. The lowest BCUT2D eigenvalue weighted by atomic mass is 10.5. The molecule has 0 saturated carbocycles. The lowest BCUT2D eigenvalue weighted by Crippen LogP contribution is -2.10. The third kappa shape index (κ3) is 2.15. The number of hydrogen-bond acceptors (Lipinski definition) is 3. The first-order valence-corrected chi connectivity index (χ1v) is 2.94. The van der Waals surface area contributed by atoms with Gasteiger partial charge in [0.15, 0.2) is 0 Å². The van der Waals surface area contributed by atoms with Crippen LogP contribution in [0.5, 0.6) is 0 Å². The third-order valence-electron chi connectivity index (χ3n) is 0.546. The van der Waals surface area contributed by atoms with Crippen molar-refractivity contribution in [3.8, 4) is 0 Å². The molecule has 8 heavy (non-hydrogen) atoms. The molecule has 0 aliphatic rings. The van der Waals surface area contributed by atoms with Gasteiger partial charge < -0.3 is 8.27 Å². The van der Waals surface area contributed by atoms with Gasteiger partial charge in [-0.1, -0.05) is 6.58 Å². The van der Waals surface area contributed by atoms with Gasteiger partial charge in [0.05, 0.1) is 30.0 Å². The molecule has 4 heteroatoms. The molecule has 0 heterocycles. The highest BCUT2D eigenvalue weighted by atomic mass is 127. The largest absolute Gasteiger partial charge is 0.464 e. The number of halogens is 1. The maximum atomic E-state index is 10.4. The Bertz CT molecular complexity index is 98.6. The summed E-state index contributed by atoms with van der Waals surface area (Å²) in [6.07, 6.45) is 0. The van der Waals surface area contributed by atoms with Gasteiger partial charge in [0.1, 0.15) is 5.70 Å². The summed E-state index contributed by atoms with van der Waals surface area (Å²) in [4.78, 5) is 10.4. The molecule has 0 aromatic heterocycles. The molecule has 0 aromatic carbocycles. The maximum absolute atomic E-state index is 10.4. The monoisotopic (exact) mass is 227 g/mol. The fraction of sp³-hybridized carbons (Fsp3) is 0.250. The van der Waals surface area contributed by atoms with Crippen LogP contribution in [0.3, 0.4) is 0 Å². The fourth-order valence-corrected chi connectivity index (χ4v) is 0.382. The normalized spacial score (nSPS) is 7.75. The number of ether oxygens (including phenoxy) is 1. The number of hydrogen-bond donors (Lipinski definition) is 1. The van der Waals surface area contributed by atoms with Crippen LogP contribution in [0.25, 0.3) is 0 Å². The Balaban J connectivity index is 3.64. The molecular weight excluding hydrogens is 221 g/mol. The van der Waals surface area contributed by atoms with E-state index in [4.69, 9.17) is 0 Å². The second-order valence-electron chi connectivity index (χ2n) is 1.06. The molecule has 0 rings (SSSR count). The Hall–Kier alpha value is -0.260. The Labute approximate surface area is 61.6 Å². The zero-order valence-corrected chi connectivity index (χ0v) is 6.56. The fourth-order valence-electron chi connectivity index (χ4n) is 0.162. The molecule has 0 aliphatic heterocycles. The number of nitrogens with one attached hydrogen (secondary N) is 1. The number of carbonyl (C=O) groups excluding carboxylic acids is 1. The zero-order valence-electron chi connectivity index (χ0n) is 4.40. The summed E-state index contributed by atoms with van der Waals surface area (Å²) in [6, 6.07) is 0. The van der Waals surface area contributed by atoms with Gasteiger partial charge in [-0.05, 0) is 0 Å². The van der Waals surface area contributed by atoms with Crippen LogP contribution in [0.4, 0.5) is 0 Å². The van der Waals surface area contributed by atoms with E-state index in [-0.39, 0.29) is 5.70 Å². The van der Waals surface area contributed by atoms with Crippen LogP contribution in [0.15, 0.2) is 12.3 Å². The molecule has 0 fully saturated rings. The van der Waals surface area contributed by atoms with Gasteiger partial charge in [-0.3, -0.25) is 0 Å². The molecule has 3 nitrogen and oxygen atoms in total. The summed E-state index contributed by atoms with van der Waals surface area (Å²) in [7, 11) is 1.31. The van der Waals surface area contributed by atoms with Crippen molar-refractivity contribution in [3.05, 3.63) is 12.3 Å². The second kappa shape index (κ2) is 3.71. The van der Waals surface area contributed by atoms with Crippen LogP contribution in [0.2, 0.25) is 0 Å². The molecule has 0 radical (unpaired) electrons.